The maximum Gasteiger partial charge on any atom is 0.410 e. The molecule has 0 bridgehead atoms. The molecular formula is C19H28N4O2. The second-order valence-corrected chi connectivity index (χ2v) is 7.56. The Balaban J connectivity index is 1.99. The van der Waals surface area contributed by atoms with Gasteiger partial charge in [-0.2, -0.15) is 0 Å². The molecule has 1 amide bonds. The van der Waals surface area contributed by atoms with Crippen LogP contribution in [0.2, 0.25) is 0 Å². The lowest BCUT2D eigenvalue weighted by Crippen LogP contribution is -2.49. The van der Waals surface area contributed by atoms with Crippen molar-refractivity contribution in [1.82, 2.24) is 9.88 Å². The van der Waals surface area contributed by atoms with Gasteiger partial charge >= 0.3 is 6.09 Å². The molecule has 0 spiro atoms. The van der Waals surface area contributed by atoms with Gasteiger partial charge in [0, 0.05) is 19.0 Å². The molecule has 136 valence electrons. The number of rotatable bonds is 4. The number of pyridine rings is 1. The number of ether oxygens (including phenoxy) is 1. The third kappa shape index (κ3) is 5.31. The molecule has 0 aromatic carbocycles. The van der Waals surface area contributed by atoms with E-state index in [0.717, 1.165) is 18.5 Å². The zero-order valence-corrected chi connectivity index (χ0v) is 15.5. The van der Waals surface area contributed by atoms with Gasteiger partial charge in [0.2, 0.25) is 0 Å². The molecule has 0 aliphatic carbocycles. The van der Waals surface area contributed by atoms with Gasteiger partial charge in [-0.25, -0.2) is 4.79 Å². The van der Waals surface area contributed by atoms with Crippen LogP contribution in [0.3, 0.4) is 0 Å². The fraction of sp³-hybridized carbons (Fsp3) is 0.526. The van der Waals surface area contributed by atoms with Crippen LogP contribution in [0.4, 0.5) is 4.79 Å². The molecule has 1 fully saturated rings. The zero-order chi connectivity index (χ0) is 18.5. The van der Waals surface area contributed by atoms with E-state index in [9.17, 15) is 4.79 Å². The first-order valence-corrected chi connectivity index (χ1v) is 8.59. The van der Waals surface area contributed by atoms with Crippen LogP contribution in [0.1, 0.15) is 46.2 Å². The molecule has 1 aliphatic heterocycles. The van der Waals surface area contributed by atoms with Gasteiger partial charge in [0.25, 0.3) is 0 Å². The number of hydrogen-bond donors (Lipinski definition) is 1. The predicted molar refractivity (Wildman–Crippen MR) is 100 cm³/mol. The summed E-state index contributed by atoms with van der Waals surface area (Å²) in [5.41, 5.74) is 6.45. The monoisotopic (exact) mass is 344 g/mol. The highest BCUT2D eigenvalue weighted by Gasteiger charge is 2.41. The first-order chi connectivity index (χ1) is 11.7. The normalized spacial score (nSPS) is 21.8. The highest BCUT2D eigenvalue weighted by atomic mass is 16.6. The van der Waals surface area contributed by atoms with Crippen molar-refractivity contribution in [1.29, 1.82) is 0 Å². The molecule has 2 rings (SSSR count). The SMILES string of the molecule is CC(C)(C)OC(=O)N1CCC[C@@]1(C)CN=C/C=C(\N)c1ccccn1. The lowest BCUT2D eigenvalue weighted by molar-refractivity contribution is 0.0121. The summed E-state index contributed by atoms with van der Waals surface area (Å²) in [4.78, 5) is 22.9. The van der Waals surface area contributed by atoms with Crippen LogP contribution < -0.4 is 5.73 Å². The summed E-state index contributed by atoms with van der Waals surface area (Å²) in [6, 6.07) is 5.58. The van der Waals surface area contributed by atoms with Gasteiger partial charge in [0.15, 0.2) is 0 Å². The Morgan fingerprint density at radius 1 is 1.48 bits per heavy atom. The van der Waals surface area contributed by atoms with E-state index < -0.39 is 5.60 Å². The summed E-state index contributed by atoms with van der Waals surface area (Å²) >= 11 is 0. The van der Waals surface area contributed by atoms with Crippen molar-refractivity contribution < 1.29 is 9.53 Å². The van der Waals surface area contributed by atoms with Crippen LogP contribution in [0, 0.1) is 0 Å². The largest absolute Gasteiger partial charge is 0.444 e. The topological polar surface area (TPSA) is 80.8 Å². The number of aromatic nitrogens is 1. The fourth-order valence-electron chi connectivity index (χ4n) is 2.82. The van der Waals surface area contributed by atoms with E-state index in [1.807, 2.05) is 45.9 Å². The molecule has 0 saturated carbocycles. The molecule has 2 N–H and O–H groups in total. The van der Waals surface area contributed by atoms with Crippen LogP contribution in [0.5, 0.6) is 0 Å². The molecular weight excluding hydrogens is 316 g/mol. The van der Waals surface area contributed by atoms with E-state index in [-0.39, 0.29) is 11.6 Å². The third-order valence-corrected chi connectivity index (χ3v) is 4.11. The molecule has 2 heterocycles. The lowest BCUT2D eigenvalue weighted by atomic mass is 9.99. The summed E-state index contributed by atoms with van der Waals surface area (Å²) in [5, 5.41) is 0. The van der Waals surface area contributed by atoms with Gasteiger partial charge < -0.3 is 15.4 Å². The number of carbonyl (C=O) groups is 1. The van der Waals surface area contributed by atoms with Crippen molar-refractivity contribution in [2.75, 3.05) is 13.1 Å². The summed E-state index contributed by atoms with van der Waals surface area (Å²) in [7, 11) is 0. The number of allylic oxidation sites excluding steroid dienone is 1. The summed E-state index contributed by atoms with van der Waals surface area (Å²) in [6.45, 7) is 8.89. The maximum absolute atomic E-state index is 12.4. The molecule has 1 aromatic rings. The molecule has 25 heavy (non-hydrogen) atoms. The van der Waals surface area contributed by atoms with Crippen molar-refractivity contribution in [3.05, 3.63) is 36.2 Å². The minimum Gasteiger partial charge on any atom is -0.444 e. The smallest absolute Gasteiger partial charge is 0.410 e. The van der Waals surface area contributed by atoms with E-state index in [2.05, 4.69) is 9.98 Å². The molecule has 0 radical (unpaired) electrons. The summed E-state index contributed by atoms with van der Waals surface area (Å²) in [5.74, 6) is 0. The van der Waals surface area contributed by atoms with E-state index in [0.29, 0.717) is 18.8 Å². The van der Waals surface area contributed by atoms with Gasteiger partial charge in [-0.1, -0.05) is 6.07 Å². The molecule has 1 atom stereocenters. The Labute approximate surface area is 149 Å². The standard InChI is InChI=1S/C19H28N4O2/c1-18(2,3)25-17(24)23-13-7-10-19(23,4)14-21-12-9-15(20)16-8-5-6-11-22-16/h5-6,8-9,11-12H,7,10,13-14,20H2,1-4H3/b15-9-,21-12?/t19-/m0/s1. The van der Waals surface area contributed by atoms with Crippen molar-refractivity contribution in [3.63, 3.8) is 0 Å². The van der Waals surface area contributed by atoms with Crippen LogP contribution >= 0.6 is 0 Å². The Morgan fingerprint density at radius 3 is 2.88 bits per heavy atom. The third-order valence-electron chi connectivity index (χ3n) is 4.11. The Kier molecular flexibility index (Phi) is 5.82. The number of hydrogen-bond acceptors (Lipinski definition) is 5. The zero-order valence-electron chi connectivity index (χ0n) is 15.5. The highest BCUT2D eigenvalue weighted by Crippen LogP contribution is 2.30. The number of nitrogens with zero attached hydrogens (tertiary/aromatic N) is 3. The van der Waals surface area contributed by atoms with Crippen LogP contribution in [0.15, 0.2) is 35.5 Å². The average Bonchev–Trinajstić information content (AvgIpc) is 2.93. The molecule has 1 saturated heterocycles. The second kappa shape index (κ2) is 7.68. The van der Waals surface area contributed by atoms with Gasteiger partial charge in [0.1, 0.15) is 5.60 Å². The lowest BCUT2D eigenvalue weighted by Gasteiger charge is -2.35. The molecule has 0 unspecified atom stereocenters. The highest BCUT2D eigenvalue weighted by molar-refractivity contribution is 5.82. The van der Waals surface area contributed by atoms with Crippen molar-refractivity contribution >= 4 is 18.0 Å². The van der Waals surface area contributed by atoms with Gasteiger partial charge in [-0.3, -0.25) is 9.98 Å². The summed E-state index contributed by atoms with van der Waals surface area (Å²) in [6.07, 6.45) is 6.71. The van der Waals surface area contributed by atoms with Crippen molar-refractivity contribution in [3.8, 4) is 0 Å². The van der Waals surface area contributed by atoms with E-state index in [1.165, 1.54) is 0 Å². The Morgan fingerprint density at radius 2 is 2.24 bits per heavy atom. The number of likely N-dealkylation sites (tertiary alicyclic amines) is 1. The minimum atomic E-state index is -0.496. The summed E-state index contributed by atoms with van der Waals surface area (Å²) < 4.78 is 5.51. The average molecular weight is 344 g/mol. The van der Waals surface area contributed by atoms with Gasteiger partial charge in [-0.05, 0) is 58.7 Å². The fourth-order valence-corrected chi connectivity index (χ4v) is 2.82. The molecule has 1 aliphatic rings. The first kappa shape index (κ1) is 19.0. The molecule has 6 heteroatoms. The quantitative estimate of drug-likeness (QED) is 0.850. The van der Waals surface area contributed by atoms with Crippen LogP contribution in [-0.4, -0.2) is 46.4 Å². The number of aliphatic imine (C=N–C) groups is 1. The van der Waals surface area contributed by atoms with Crippen LogP contribution in [0.25, 0.3) is 5.70 Å². The number of amides is 1. The molecule has 6 nitrogen and oxygen atoms in total. The molecule has 1 aromatic heterocycles. The Hall–Kier alpha value is -2.37. The van der Waals surface area contributed by atoms with Crippen molar-refractivity contribution in [2.45, 2.75) is 51.7 Å². The van der Waals surface area contributed by atoms with E-state index in [4.69, 9.17) is 10.5 Å². The van der Waals surface area contributed by atoms with Crippen molar-refractivity contribution in [2.24, 2.45) is 10.7 Å². The van der Waals surface area contributed by atoms with Gasteiger partial charge in [0.05, 0.1) is 23.5 Å². The maximum atomic E-state index is 12.4. The Bertz CT molecular complexity index is 649. The number of nitrogens with two attached hydrogens (primary N) is 1. The predicted octanol–water partition coefficient (Wildman–Crippen LogP) is 3.24. The first-order valence-electron chi connectivity index (χ1n) is 8.59. The second-order valence-electron chi connectivity index (χ2n) is 7.56. The number of carbonyl (C=O) groups excluding carboxylic acids is 1. The van der Waals surface area contributed by atoms with Gasteiger partial charge in [-0.15, -0.1) is 0 Å². The van der Waals surface area contributed by atoms with E-state index >= 15 is 0 Å². The van der Waals surface area contributed by atoms with E-state index in [1.54, 1.807) is 23.4 Å². The van der Waals surface area contributed by atoms with Crippen LogP contribution in [-0.2, 0) is 4.74 Å². The minimum absolute atomic E-state index is 0.272.